The number of aromatic hydroxyl groups is 1. The van der Waals surface area contributed by atoms with Gasteiger partial charge in [-0.15, -0.1) is 0 Å². The number of phenolic OH excluding ortho intramolecular Hbond substituents is 1. The van der Waals surface area contributed by atoms with Crippen molar-refractivity contribution in [3.05, 3.63) is 71.8 Å². The molecule has 0 fully saturated rings. The number of nitrogens with zero attached hydrogens (tertiary/aromatic N) is 1. The maximum Gasteiger partial charge on any atom is 0.408 e. The van der Waals surface area contributed by atoms with Crippen molar-refractivity contribution < 1.29 is 29.0 Å². The summed E-state index contributed by atoms with van der Waals surface area (Å²) in [7, 11) is 0. The minimum atomic E-state index is -1.37. The van der Waals surface area contributed by atoms with Crippen molar-refractivity contribution in [2.75, 3.05) is 11.9 Å². The highest BCUT2D eigenvalue weighted by Crippen LogP contribution is 2.29. The van der Waals surface area contributed by atoms with Crippen molar-refractivity contribution in [3.8, 4) is 5.75 Å². The monoisotopic (exact) mass is 562 g/mol. The molecular weight excluding hydrogens is 524 g/mol. The molecule has 0 spiro atoms. The van der Waals surface area contributed by atoms with Crippen LogP contribution in [0.1, 0.15) is 57.7 Å². The fraction of sp³-hybridized carbons (Fsp3) is 0.355. The van der Waals surface area contributed by atoms with Gasteiger partial charge in [0, 0.05) is 12.2 Å². The third-order valence-corrected chi connectivity index (χ3v) is 6.26. The van der Waals surface area contributed by atoms with Crippen LogP contribution in [0, 0.1) is 6.92 Å². The first-order valence-electron chi connectivity index (χ1n) is 13.5. The standard InChI is InChI=1S/C31H38N4O6/c1-6-15-35(29(39)24(18-26(32)37)34-30(40)41-31(3,4)5)27(22-12-14-25(36)19(2)16-22)28(38)33-23-13-11-20-9-7-8-10-21(20)17-23/h7-14,16-17,24,27,36H,6,15,18H2,1-5H3,(H2,32,37)(H,33,38)(H,34,40). The maximum absolute atomic E-state index is 14.0. The van der Waals surface area contributed by atoms with Gasteiger partial charge in [0.05, 0.1) is 6.42 Å². The molecule has 0 saturated carbocycles. The Bertz CT molecular complexity index is 1430. The lowest BCUT2D eigenvalue weighted by atomic mass is 9.99. The number of fused-ring (bicyclic) bond motifs is 1. The second-order valence-electron chi connectivity index (χ2n) is 10.9. The highest BCUT2D eigenvalue weighted by molar-refractivity contribution is 6.01. The zero-order valence-electron chi connectivity index (χ0n) is 24.1. The van der Waals surface area contributed by atoms with Crippen LogP contribution in [0.4, 0.5) is 10.5 Å². The molecule has 3 aromatic rings. The first-order valence-corrected chi connectivity index (χ1v) is 13.5. The Morgan fingerprint density at radius 2 is 1.68 bits per heavy atom. The molecule has 0 saturated heterocycles. The second kappa shape index (κ2) is 13.2. The van der Waals surface area contributed by atoms with Crippen LogP contribution in [0.25, 0.3) is 10.8 Å². The topological polar surface area (TPSA) is 151 Å². The minimum Gasteiger partial charge on any atom is -0.508 e. The summed E-state index contributed by atoms with van der Waals surface area (Å²) < 4.78 is 5.30. The molecule has 2 unspecified atom stereocenters. The number of anilines is 1. The predicted octanol–water partition coefficient (Wildman–Crippen LogP) is 4.54. The number of phenols is 1. The lowest BCUT2D eigenvalue weighted by Crippen LogP contribution is -2.53. The SMILES string of the molecule is CCCN(C(=O)C(CC(N)=O)NC(=O)OC(C)(C)C)C(C(=O)Nc1ccc2ccccc2c1)c1ccc(O)c(C)c1. The Balaban J connectivity index is 2.03. The van der Waals surface area contributed by atoms with Gasteiger partial charge in [0.2, 0.25) is 11.8 Å². The predicted molar refractivity (Wildman–Crippen MR) is 157 cm³/mol. The Hall–Kier alpha value is -4.60. The van der Waals surface area contributed by atoms with E-state index in [0.717, 1.165) is 10.8 Å². The molecule has 3 rings (SSSR count). The Morgan fingerprint density at radius 3 is 2.29 bits per heavy atom. The molecule has 3 aromatic carbocycles. The summed E-state index contributed by atoms with van der Waals surface area (Å²) in [6.07, 6.45) is -0.921. The van der Waals surface area contributed by atoms with Crippen LogP contribution < -0.4 is 16.4 Å². The van der Waals surface area contributed by atoms with Crippen LogP contribution in [-0.4, -0.2) is 52.0 Å². The molecular formula is C31H38N4O6. The number of aryl methyl sites for hydroxylation is 1. The smallest absolute Gasteiger partial charge is 0.408 e. The Labute approximate surface area is 239 Å². The van der Waals surface area contributed by atoms with E-state index >= 15 is 0 Å². The van der Waals surface area contributed by atoms with Gasteiger partial charge in [-0.2, -0.15) is 0 Å². The molecule has 10 nitrogen and oxygen atoms in total. The van der Waals surface area contributed by atoms with E-state index in [4.69, 9.17) is 10.5 Å². The van der Waals surface area contributed by atoms with Crippen LogP contribution in [0.2, 0.25) is 0 Å². The first kappa shape index (κ1) is 30.9. The largest absolute Gasteiger partial charge is 0.508 e. The minimum absolute atomic E-state index is 0.0361. The molecule has 218 valence electrons. The molecule has 0 bridgehead atoms. The number of hydrogen-bond acceptors (Lipinski definition) is 6. The van der Waals surface area contributed by atoms with E-state index in [1.54, 1.807) is 45.9 Å². The third-order valence-electron chi connectivity index (χ3n) is 6.26. The number of carbonyl (C=O) groups excluding carboxylic acids is 4. The zero-order chi connectivity index (χ0) is 30.3. The number of nitrogens with two attached hydrogens (primary N) is 1. The van der Waals surface area contributed by atoms with Gasteiger partial charge >= 0.3 is 6.09 Å². The van der Waals surface area contributed by atoms with E-state index in [9.17, 15) is 24.3 Å². The van der Waals surface area contributed by atoms with E-state index in [0.29, 0.717) is 23.2 Å². The van der Waals surface area contributed by atoms with Crippen LogP contribution in [-0.2, 0) is 19.1 Å². The number of amides is 4. The van der Waals surface area contributed by atoms with E-state index in [-0.39, 0.29) is 12.3 Å². The molecule has 4 amide bonds. The lowest BCUT2D eigenvalue weighted by molar-refractivity contribution is -0.141. The second-order valence-corrected chi connectivity index (χ2v) is 10.9. The number of ether oxygens (including phenoxy) is 1. The molecule has 0 aromatic heterocycles. The van der Waals surface area contributed by atoms with Crippen molar-refractivity contribution in [2.45, 2.75) is 65.1 Å². The van der Waals surface area contributed by atoms with E-state index in [2.05, 4.69) is 10.6 Å². The average molecular weight is 563 g/mol. The van der Waals surface area contributed by atoms with Crippen LogP contribution >= 0.6 is 0 Å². The van der Waals surface area contributed by atoms with Crippen molar-refractivity contribution in [1.29, 1.82) is 0 Å². The summed E-state index contributed by atoms with van der Waals surface area (Å²) in [4.78, 5) is 53.7. The molecule has 0 aliphatic carbocycles. The summed E-state index contributed by atoms with van der Waals surface area (Å²) in [5.74, 6) is -1.97. The van der Waals surface area contributed by atoms with E-state index in [1.165, 1.54) is 11.0 Å². The number of nitrogens with one attached hydrogen (secondary N) is 2. The lowest BCUT2D eigenvalue weighted by Gasteiger charge is -2.34. The van der Waals surface area contributed by atoms with Crippen molar-refractivity contribution in [3.63, 3.8) is 0 Å². The van der Waals surface area contributed by atoms with Crippen LogP contribution in [0.3, 0.4) is 0 Å². The van der Waals surface area contributed by atoms with Crippen molar-refractivity contribution >= 4 is 40.3 Å². The molecule has 0 aliphatic rings. The highest BCUT2D eigenvalue weighted by atomic mass is 16.6. The third kappa shape index (κ3) is 8.44. The van der Waals surface area contributed by atoms with Gasteiger partial charge in [-0.3, -0.25) is 14.4 Å². The summed E-state index contributed by atoms with van der Waals surface area (Å²) in [6.45, 7) is 8.65. The number of rotatable bonds is 10. The van der Waals surface area contributed by atoms with Crippen LogP contribution in [0.5, 0.6) is 5.75 Å². The van der Waals surface area contributed by atoms with Gasteiger partial charge in [-0.25, -0.2) is 4.79 Å². The van der Waals surface area contributed by atoms with Crippen LogP contribution in [0.15, 0.2) is 60.7 Å². The van der Waals surface area contributed by atoms with Crippen molar-refractivity contribution in [1.82, 2.24) is 10.2 Å². The Kier molecular flexibility index (Phi) is 9.94. The van der Waals surface area contributed by atoms with Gasteiger partial charge in [0.1, 0.15) is 23.4 Å². The van der Waals surface area contributed by atoms with Gasteiger partial charge in [-0.05, 0) is 80.3 Å². The molecule has 0 heterocycles. The fourth-order valence-corrected chi connectivity index (χ4v) is 4.46. The molecule has 41 heavy (non-hydrogen) atoms. The number of hydrogen-bond donors (Lipinski definition) is 4. The van der Waals surface area contributed by atoms with Gasteiger partial charge in [0.25, 0.3) is 5.91 Å². The van der Waals surface area contributed by atoms with E-state index < -0.39 is 47.9 Å². The number of carbonyl (C=O) groups is 4. The average Bonchev–Trinajstić information content (AvgIpc) is 2.88. The Morgan fingerprint density at radius 1 is 1.00 bits per heavy atom. The summed E-state index contributed by atoms with van der Waals surface area (Å²) in [5.41, 5.74) is 6.06. The maximum atomic E-state index is 14.0. The molecule has 0 radical (unpaired) electrons. The number of primary amides is 1. The van der Waals surface area contributed by atoms with Gasteiger partial charge in [0.15, 0.2) is 0 Å². The normalized spacial score (nSPS) is 12.7. The first-order chi connectivity index (χ1) is 19.3. The molecule has 10 heteroatoms. The highest BCUT2D eigenvalue weighted by Gasteiger charge is 2.37. The molecule has 5 N–H and O–H groups in total. The number of alkyl carbamates (subject to hydrolysis) is 1. The molecule has 2 atom stereocenters. The quantitative estimate of drug-likeness (QED) is 0.285. The van der Waals surface area contributed by atoms with E-state index in [1.807, 2.05) is 43.3 Å². The van der Waals surface area contributed by atoms with Crippen molar-refractivity contribution in [2.24, 2.45) is 5.73 Å². The molecule has 0 aliphatic heterocycles. The summed E-state index contributed by atoms with van der Waals surface area (Å²) in [5, 5.41) is 17.4. The van der Waals surface area contributed by atoms with Gasteiger partial charge in [-0.1, -0.05) is 43.3 Å². The number of benzene rings is 3. The zero-order valence-corrected chi connectivity index (χ0v) is 24.1. The van der Waals surface area contributed by atoms with Gasteiger partial charge < -0.3 is 31.1 Å². The summed E-state index contributed by atoms with van der Waals surface area (Å²) >= 11 is 0. The summed E-state index contributed by atoms with van der Waals surface area (Å²) in [6, 6.07) is 15.3. The fourth-order valence-electron chi connectivity index (χ4n) is 4.46.